The van der Waals surface area contributed by atoms with E-state index >= 15 is 0 Å². The highest BCUT2D eigenvalue weighted by Gasteiger charge is 2.42. The molecule has 3 nitrogen and oxygen atoms in total. The molecule has 1 aliphatic carbocycles. The van der Waals surface area contributed by atoms with Crippen LogP contribution in [0.3, 0.4) is 0 Å². The zero-order valence-electron chi connectivity index (χ0n) is 9.83. The van der Waals surface area contributed by atoms with E-state index in [-0.39, 0.29) is 18.0 Å². The molecular formula is C13H20N2O. The fourth-order valence-corrected chi connectivity index (χ4v) is 3.04. The summed E-state index contributed by atoms with van der Waals surface area (Å²) in [6.45, 7) is 2.96. The molecule has 16 heavy (non-hydrogen) atoms. The van der Waals surface area contributed by atoms with E-state index in [1.165, 1.54) is 19.3 Å². The zero-order valence-corrected chi connectivity index (χ0v) is 9.83. The van der Waals surface area contributed by atoms with Crippen molar-refractivity contribution in [2.45, 2.75) is 44.7 Å². The summed E-state index contributed by atoms with van der Waals surface area (Å²) in [5, 5.41) is 6.33. The third-order valence-electron chi connectivity index (χ3n) is 3.84. The van der Waals surface area contributed by atoms with Crippen molar-refractivity contribution in [1.29, 1.82) is 0 Å². The summed E-state index contributed by atoms with van der Waals surface area (Å²) in [6.07, 6.45) is 9.58. The van der Waals surface area contributed by atoms with Crippen LogP contribution in [0.15, 0.2) is 0 Å². The number of rotatable bonds is 3. The number of hydrogen-bond donors (Lipinski definition) is 2. The van der Waals surface area contributed by atoms with E-state index in [2.05, 4.69) is 16.6 Å². The van der Waals surface area contributed by atoms with E-state index in [0.29, 0.717) is 12.3 Å². The number of fused-ring (bicyclic) bond motifs is 1. The molecule has 0 bridgehead atoms. The Morgan fingerprint density at radius 2 is 2.44 bits per heavy atom. The van der Waals surface area contributed by atoms with Gasteiger partial charge >= 0.3 is 0 Å². The minimum atomic E-state index is 0.0210. The van der Waals surface area contributed by atoms with E-state index in [9.17, 15) is 4.79 Å². The maximum atomic E-state index is 12.0. The highest BCUT2D eigenvalue weighted by atomic mass is 16.2. The molecule has 1 saturated carbocycles. The van der Waals surface area contributed by atoms with Gasteiger partial charge in [0.05, 0.1) is 6.04 Å². The van der Waals surface area contributed by atoms with E-state index in [1.54, 1.807) is 0 Å². The Kier molecular flexibility index (Phi) is 3.50. The van der Waals surface area contributed by atoms with Crippen LogP contribution in [0.4, 0.5) is 0 Å². The molecule has 2 N–H and O–H groups in total. The van der Waals surface area contributed by atoms with Crippen LogP contribution in [-0.2, 0) is 4.79 Å². The first-order valence-corrected chi connectivity index (χ1v) is 6.19. The quantitative estimate of drug-likeness (QED) is 0.694. The molecular weight excluding hydrogens is 200 g/mol. The lowest BCUT2D eigenvalue weighted by Crippen LogP contribution is -2.46. The van der Waals surface area contributed by atoms with Crippen LogP contribution in [0.5, 0.6) is 0 Å². The third-order valence-corrected chi connectivity index (χ3v) is 3.84. The van der Waals surface area contributed by atoms with Crippen molar-refractivity contribution in [1.82, 2.24) is 10.6 Å². The van der Waals surface area contributed by atoms with Gasteiger partial charge < -0.3 is 10.6 Å². The van der Waals surface area contributed by atoms with Crippen LogP contribution >= 0.6 is 0 Å². The minimum Gasteiger partial charge on any atom is -0.351 e. The third kappa shape index (κ3) is 2.22. The lowest BCUT2D eigenvalue weighted by atomic mass is 9.93. The Morgan fingerprint density at radius 3 is 3.19 bits per heavy atom. The zero-order chi connectivity index (χ0) is 11.5. The molecule has 4 unspecified atom stereocenters. The first-order chi connectivity index (χ1) is 7.72. The Morgan fingerprint density at radius 1 is 1.62 bits per heavy atom. The van der Waals surface area contributed by atoms with Crippen molar-refractivity contribution < 1.29 is 4.79 Å². The molecule has 2 aliphatic rings. The molecule has 1 amide bonds. The molecule has 88 valence electrons. The van der Waals surface area contributed by atoms with E-state index in [0.717, 1.165) is 12.5 Å². The SMILES string of the molecule is C#CCC(C)NC(=O)C1NCC2CCCC21. The number of hydrogen-bond acceptors (Lipinski definition) is 2. The Hall–Kier alpha value is -1.01. The van der Waals surface area contributed by atoms with Crippen molar-refractivity contribution in [3.8, 4) is 12.3 Å². The van der Waals surface area contributed by atoms with Crippen LogP contribution in [-0.4, -0.2) is 24.5 Å². The molecule has 0 aromatic rings. The van der Waals surface area contributed by atoms with Crippen molar-refractivity contribution in [2.24, 2.45) is 11.8 Å². The average molecular weight is 220 g/mol. The number of terminal acetylenes is 1. The van der Waals surface area contributed by atoms with Crippen molar-refractivity contribution >= 4 is 5.91 Å². The summed E-state index contributed by atoms with van der Waals surface area (Å²) in [5.74, 6) is 3.99. The number of carbonyl (C=O) groups excluding carboxylic acids is 1. The second-order valence-electron chi connectivity index (χ2n) is 5.06. The molecule has 1 heterocycles. The Labute approximate surface area is 97.4 Å². The highest BCUT2D eigenvalue weighted by Crippen LogP contribution is 2.37. The first kappa shape index (κ1) is 11.5. The summed E-state index contributed by atoms with van der Waals surface area (Å²) in [4.78, 5) is 12.0. The lowest BCUT2D eigenvalue weighted by molar-refractivity contribution is -0.124. The van der Waals surface area contributed by atoms with Gasteiger partial charge in [-0.2, -0.15) is 0 Å². The predicted octanol–water partition coefficient (Wildman–Crippen LogP) is 0.902. The summed E-state index contributed by atoms with van der Waals surface area (Å²) in [7, 11) is 0. The van der Waals surface area contributed by atoms with Crippen LogP contribution in [0.1, 0.15) is 32.6 Å². The molecule has 0 radical (unpaired) electrons. The average Bonchev–Trinajstić information content (AvgIpc) is 2.77. The van der Waals surface area contributed by atoms with Gasteiger partial charge in [-0.25, -0.2) is 0 Å². The molecule has 0 aromatic heterocycles. The van der Waals surface area contributed by atoms with Crippen molar-refractivity contribution in [3.63, 3.8) is 0 Å². The molecule has 3 heteroatoms. The topological polar surface area (TPSA) is 41.1 Å². The predicted molar refractivity (Wildman–Crippen MR) is 63.7 cm³/mol. The van der Waals surface area contributed by atoms with Gasteiger partial charge in [-0.15, -0.1) is 12.3 Å². The molecule has 0 aromatic carbocycles. The van der Waals surface area contributed by atoms with Gasteiger partial charge in [-0.1, -0.05) is 6.42 Å². The summed E-state index contributed by atoms with van der Waals surface area (Å²) in [6, 6.07) is 0.104. The summed E-state index contributed by atoms with van der Waals surface area (Å²) < 4.78 is 0. The molecule has 2 fully saturated rings. The maximum Gasteiger partial charge on any atom is 0.237 e. The minimum absolute atomic E-state index is 0.0210. The van der Waals surface area contributed by atoms with Crippen LogP contribution in [0.2, 0.25) is 0 Å². The van der Waals surface area contributed by atoms with Gasteiger partial charge in [0, 0.05) is 12.5 Å². The summed E-state index contributed by atoms with van der Waals surface area (Å²) >= 11 is 0. The van der Waals surface area contributed by atoms with E-state index in [1.807, 2.05) is 6.92 Å². The highest BCUT2D eigenvalue weighted by molar-refractivity contribution is 5.82. The fraction of sp³-hybridized carbons (Fsp3) is 0.769. The normalized spacial score (nSPS) is 34.1. The molecule has 1 saturated heterocycles. The smallest absolute Gasteiger partial charge is 0.237 e. The molecule has 0 spiro atoms. The van der Waals surface area contributed by atoms with Gasteiger partial charge in [0.25, 0.3) is 0 Å². The summed E-state index contributed by atoms with van der Waals surface area (Å²) in [5.41, 5.74) is 0. The molecule has 4 atom stereocenters. The van der Waals surface area contributed by atoms with Gasteiger partial charge in [0.15, 0.2) is 0 Å². The second kappa shape index (κ2) is 4.88. The van der Waals surface area contributed by atoms with Gasteiger partial charge in [-0.3, -0.25) is 4.79 Å². The van der Waals surface area contributed by atoms with Crippen LogP contribution in [0.25, 0.3) is 0 Å². The van der Waals surface area contributed by atoms with Crippen LogP contribution < -0.4 is 10.6 Å². The largest absolute Gasteiger partial charge is 0.351 e. The number of nitrogens with one attached hydrogen (secondary N) is 2. The van der Waals surface area contributed by atoms with Crippen molar-refractivity contribution in [2.75, 3.05) is 6.54 Å². The van der Waals surface area contributed by atoms with Gasteiger partial charge in [0.2, 0.25) is 5.91 Å². The Bertz CT molecular complexity index is 308. The lowest BCUT2D eigenvalue weighted by Gasteiger charge is -2.20. The van der Waals surface area contributed by atoms with Crippen LogP contribution in [0, 0.1) is 24.2 Å². The molecule has 1 aliphatic heterocycles. The fourth-order valence-electron chi connectivity index (χ4n) is 3.04. The standard InChI is InChI=1S/C13H20N2O/c1-3-5-9(2)15-13(16)12-11-7-4-6-10(11)8-14-12/h1,9-12,14H,4-8H2,2H3,(H,15,16). The monoisotopic (exact) mass is 220 g/mol. The van der Waals surface area contributed by atoms with E-state index < -0.39 is 0 Å². The van der Waals surface area contributed by atoms with E-state index in [4.69, 9.17) is 6.42 Å². The number of amides is 1. The Balaban J connectivity index is 1.88. The molecule has 2 rings (SSSR count). The maximum absolute atomic E-state index is 12.0. The van der Waals surface area contributed by atoms with Crippen molar-refractivity contribution in [3.05, 3.63) is 0 Å². The second-order valence-corrected chi connectivity index (χ2v) is 5.06. The van der Waals surface area contributed by atoms with Gasteiger partial charge in [-0.05, 0) is 38.1 Å². The first-order valence-electron chi connectivity index (χ1n) is 6.19. The number of carbonyl (C=O) groups is 1. The van der Waals surface area contributed by atoms with Gasteiger partial charge in [0.1, 0.15) is 0 Å².